The molecule has 1 aliphatic heterocycles. The van der Waals surface area contributed by atoms with Gasteiger partial charge in [0, 0.05) is 6.42 Å². The molecule has 1 amide bonds. The Morgan fingerprint density at radius 1 is 1.73 bits per heavy atom. The van der Waals surface area contributed by atoms with Crippen LogP contribution in [0.2, 0.25) is 0 Å². The fourth-order valence-corrected chi connectivity index (χ4v) is 1.01. The molecule has 0 atom stereocenters. The summed E-state index contributed by atoms with van der Waals surface area (Å²) in [6.45, 7) is 0.543. The third-order valence-electron chi connectivity index (χ3n) is 1.35. The Labute approximate surface area is 78.0 Å². The minimum absolute atomic E-state index is 0.0943. The molecule has 5 heteroatoms. The number of hydrogen-bond donors (Lipinski definition) is 0. The van der Waals surface area contributed by atoms with Crippen molar-refractivity contribution in [3.8, 4) is 0 Å². The maximum Gasteiger partial charge on any atom is 0.342 e. The van der Waals surface area contributed by atoms with Gasteiger partial charge in [-0.2, -0.15) is 5.06 Å². The molecule has 1 aliphatic rings. The summed E-state index contributed by atoms with van der Waals surface area (Å²) in [7, 11) is 0. The Hall–Kier alpha value is -0.330. The summed E-state index contributed by atoms with van der Waals surface area (Å²) >= 11 is 1.89. The molecule has 0 saturated carbocycles. The molecule has 11 heavy (non-hydrogen) atoms. The van der Waals surface area contributed by atoms with E-state index in [2.05, 4.69) is 0 Å². The van der Waals surface area contributed by atoms with Crippen molar-refractivity contribution in [2.45, 2.75) is 12.8 Å². The van der Waals surface area contributed by atoms with Crippen molar-refractivity contribution in [2.24, 2.45) is 0 Å². The van der Waals surface area contributed by atoms with Crippen molar-refractivity contribution in [2.75, 3.05) is 11.0 Å². The SMILES string of the molecule is O=C(CI)ON1CCCC1=O. The number of carbonyl (C=O) groups excluding carboxylic acids is 2. The first-order valence-corrected chi connectivity index (χ1v) is 4.83. The molecule has 0 unspecified atom stereocenters. The van der Waals surface area contributed by atoms with Crippen LogP contribution in [0.4, 0.5) is 0 Å². The van der Waals surface area contributed by atoms with Gasteiger partial charge in [0.05, 0.1) is 6.54 Å². The second kappa shape index (κ2) is 3.89. The molecule has 0 aromatic heterocycles. The first kappa shape index (κ1) is 8.76. The average Bonchev–Trinajstić information content (AvgIpc) is 2.37. The molecule has 0 N–H and O–H groups in total. The van der Waals surface area contributed by atoms with Crippen LogP contribution in [0.25, 0.3) is 0 Å². The number of carbonyl (C=O) groups is 2. The fourth-order valence-electron chi connectivity index (χ4n) is 0.867. The lowest BCUT2D eigenvalue weighted by Crippen LogP contribution is -2.28. The maximum atomic E-state index is 10.9. The minimum atomic E-state index is -0.360. The largest absolute Gasteiger partial charge is 0.342 e. The predicted octanol–water partition coefficient (Wildman–Crippen LogP) is 0.502. The van der Waals surface area contributed by atoms with Gasteiger partial charge in [-0.3, -0.25) is 4.79 Å². The van der Waals surface area contributed by atoms with E-state index in [1.165, 1.54) is 0 Å². The number of hydrogen-bond acceptors (Lipinski definition) is 3. The van der Waals surface area contributed by atoms with E-state index in [-0.39, 0.29) is 16.3 Å². The highest BCUT2D eigenvalue weighted by Crippen LogP contribution is 2.09. The van der Waals surface area contributed by atoms with Crippen molar-refractivity contribution >= 4 is 34.5 Å². The summed E-state index contributed by atoms with van der Waals surface area (Å²) in [4.78, 5) is 26.3. The summed E-state index contributed by atoms with van der Waals surface area (Å²) in [5.41, 5.74) is 0. The predicted molar refractivity (Wildman–Crippen MR) is 45.9 cm³/mol. The standard InChI is InChI=1S/C6H8INO3/c7-4-6(10)11-8-3-1-2-5(8)9/h1-4H2. The van der Waals surface area contributed by atoms with Gasteiger partial charge in [0.1, 0.15) is 4.43 Å². The number of rotatable bonds is 2. The molecule has 0 bridgehead atoms. The number of amides is 1. The lowest BCUT2D eigenvalue weighted by molar-refractivity contribution is -0.190. The molecule has 62 valence electrons. The van der Waals surface area contributed by atoms with Gasteiger partial charge in [0.15, 0.2) is 0 Å². The molecular formula is C6H8INO3. The Bertz CT molecular complexity index is 183. The van der Waals surface area contributed by atoms with Crippen LogP contribution < -0.4 is 0 Å². The van der Waals surface area contributed by atoms with Gasteiger partial charge in [-0.1, -0.05) is 22.6 Å². The van der Waals surface area contributed by atoms with Crippen LogP contribution in [0.3, 0.4) is 0 Å². The molecule has 1 fully saturated rings. The highest BCUT2D eigenvalue weighted by molar-refractivity contribution is 14.1. The van der Waals surface area contributed by atoms with Crippen molar-refractivity contribution in [1.29, 1.82) is 0 Å². The van der Waals surface area contributed by atoms with Crippen LogP contribution in [0.15, 0.2) is 0 Å². The maximum absolute atomic E-state index is 10.9. The molecule has 0 aromatic carbocycles. The lowest BCUT2D eigenvalue weighted by Gasteiger charge is -2.12. The van der Waals surface area contributed by atoms with Crippen LogP contribution >= 0.6 is 22.6 Å². The molecule has 4 nitrogen and oxygen atoms in total. The molecule has 0 aromatic rings. The van der Waals surface area contributed by atoms with Gasteiger partial charge in [-0.15, -0.1) is 0 Å². The second-order valence-electron chi connectivity index (χ2n) is 2.20. The Morgan fingerprint density at radius 3 is 2.91 bits per heavy atom. The number of hydroxylamine groups is 2. The third-order valence-corrected chi connectivity index (χ3v) is 1.97. The van der Waals surface area contributed by atoms with Gasteiger partial charge in [0.2, 0.25) is 0 Å². The molecular weight excluding hydrogens is 261 g/mol. The van der Waals surface area contributed by atoms with Gasteiger partial charge in [0.25, 0.3) is 5.91 Å². The van der Waals surface area contributed by atoms with E-state index in [1.54, 1.807) is 0 Å². The van der Waals surface area contributed by atoms with Crippen LogP contribution in [-0.4, -0.2) is 27.9 Å². The number of alkyl halides is 1. The Morgan fingerprint density at radius 2 is 2.45 bits per heavy atom. The summed E-state index contributed by atoms with van der Waals surface area (Å²) in [5, 5.41) is 1.14. The van der Waals surface area contributed by atoms with E-state index < -0.39 is 0 Å². The zero-order valence-corrected chi connectivity index (χ0v) is 8.04. The molecule has 1 saturated heterocycles. The first-order valence-electron chi connectivity index (χ1n) is 3.31. The second-order valence-corrected chi connectivity index (χ2v) is 2.96. The fraction of sp³-hybridized carbons (Fsp3) is 0.667. The summed E-state index contributed by atoms with van der Waals surface area (Å²) in [5.74, 6) is -0.455. The Balaban J connectivity index is 2.36. The van der Waals surface area contributed by atoms with Gasteiger partial charge in [-0.05, 0) is 6.42 Å². The molecule has 0 spiro atoms. The van der Waals surface area contributed by atoms with E-state index in [0.717, 1.165) is 11.5 Å². The average molecular weight is 269 g/mol. The number of halogens is 1. The smallest absolute Gasteiger partial charge is 0.337 e. The topological polar surface area (TPSA) is 46.6 Å². The van der Waals surface area contributed by atoms with Crippen molar-refractivity contribution < 1.29 is 14.4 Å². The van der Waals surface area contributed by atoms with Crippen LogP contribution in [0.5, 0.6) is 0 Å². The molecule has 0 aliphatic carbocycles. The van der Waals surface area contributed by atoms with E-state index in [0.29, 0.717) is 13.0 Å². The van der Waals surface area contributed by atoms with Crippen molar-refractivity contribution in [1.82, 2.24) is 5.06 Å². The zero-order valence-electron chi connectivity index (χ0n) is 5.88. The van der Waals surface area contributed by atoms with E-state index in [4.69, 9.17) is 4.84 Å². The van der Waals surface area contributed by atoms with Crippen LogP contribution in [0, 0.1) is 0 Å². The lowest BCUT2D eigenvalue weighted by atomic mass is 10.4. The normalized spacial score (nSPS) is 17.2. The first-order chi connectivity index (χ1) is 5.24. The van der Waals surface area contributed by atoms with Crippen molar-refractivity contribution in [3.05, 3.63) is 0 Å². The highest BCUT2D eigenvalue weighted by atomic mass is 127. The zero-order chi connectivity index (χ0) is 8.27. The van der Waals surface area contributed by atoms with E-state index in [9.17, 15) is 9.59 Å². The molecule has 1 rings (SSSR count). The minimum Gasteiger partial charge on any atom is -0.337 e. The van der Waals surface area contributed by atoms with Gasteiger partial charge in [-0.25, -0.2) is 4.79 Å². The van der Waals surface area contributed by atoms with Crippen LogP contribution in [0.1, 0.15) is 12.8 Å². The highest BCUT2D eigenvalue weighted by Gasteiger charge is 2.23. The van der Waals surface area contributed by atoms with Gasteiger partial charge >= 0.3 is 5.97 Å². The Kier molecular flexibility index (Phi) is 3.10. The van der Waals surface area contributed by atoms with Crippen molar-refractivity contribution in [3.63, 3.8) is 0 Å². The monoisotopic (exact) mass is 269 g/mol. The quantitative estimate of drug-likeness (QED) is 0.541. The summed E-state index contributed by atoms with van der Waals surface area (Å²) in [6.07, 6.45) is 1.28. The van der Waals surface area contributed by atoms with E-state index in [1.807, 2.05) is 22.6 Å². The van der Waals surface area contributed by atoms with E-state index >= 15 is 0 Å². The van der Waals surface area contributed by atoms with Gasteiger partial charge < -0.3 is 4.84 Å². The molecule has 0 radical (unpaired) electrons. The molecule has 1 heterocycles. The third kappa shape index (κ3) is 2.32. The number of nitrogens with zero attached hydrogens (tertiary/aromatic N) is 1. The van der Waals surface area contributed by atoms with Crippen LogP contribution in [-0.2, 0) is 14.4 Å². The summed E-state index contributed by atoms with van der Waals surface area (Å²) in [6, 6.07) is 0. The summed E-state index contributed by atoms with van der Waals surface area (Å²) < 4.78 is 0.279.